The minimum absolute atomic E-state index is 0.151. The molecule has 1 fully saturated rings. The predicted molar refractivity (Wildman–Crippen MR) is 110 cm³/mol. The molecule has 0 bridgehead atoms. The highest BCUT2D eigenvalue weighted by Gasteiger charge is 2.29. The van der Waals surface area contributed by atoms with Crippen LogP contribution in [0.5, 0.6) is 0 Å². The van der Waals surface area contributed by atoms with Crippen molar-refractivity contribution < 1.29 is 13.2 Å². The first kappa shape index (κ1) is 19.2. The molecule has 2 aromatic carbocycles. The molecular weight excluding hydrogens is 360 g/mol. The topological polar surface area (TPSA) is 66.5 Å². The Morgan fingerprint density at radius 3 is 2.52 bits per heavy atom. The Morgan fingerprint density at radius 2 is 1.93 bits per heavy atom. The maximum atomic E-state index is 12.6. The highest BCUT2D eigenvalue weighted by atomic mass is 32.2. The number of benzene rings is 2. The van der Waals surface area contributed by atoms with Crippen molar-refractivity contribution in [1.29, 1.82) is 0 Å². The minimum Gasteiger partial charge on any atom is -0.322 e. The molecule has 2 aromatic rings. The summed E-state index contributed by atoms with van der Waals surface area (Å²) in [6.07, 6.45) is 3.14. The van der Waals surface area contributed by atoms with Crippen molar-refractivity contribution in [2.45, 2.75) is 26.7 Å². The number of hydrogen-bond donors (Lipinski definition) is 1. The van der Waals surface area contributed by atoms with Crippen molar-refractivity contribution in [2.75, 3.05) is 21.9 Å². The summed E-state index contributed by atoms with van der Waals surface area (Å²) >= 11 is 0. The molecule has 0 atom stereocenters. The fourth-order valence-corrected chi connectivity index (χ4v) is 4.84. The van der Waals surface area contributed by atoms with E-state index in [4.69, 9.17) is 0 Å². The summed E-state index contributed by atoms with van der Waals surface area (Å²) in [4.78, 5) is 12.6. The maximum Gasteiger partial charge on any atom is 0.251 e. The number of amides is 1. The first-order valence-corrected chi connectivity index (χ1v) is 10.7. The summed E-state index contributed by atoms with van der Waals surface area (Å²) in [5.74, 6) is 0.0389. The van der Waals surface area contributed by atoms with Crippen LogP contribution in [0.15, 0.2) is 54.1 Å². The molecule has 1 amide bonds. The van der Waals surface area contributed by atoms with E-state index in [2.05, 4.69) is 5.32 Å². The molecule has 0 radical (unpaired) electrons. The number of carbonyl (C=O) groups is 1. The van der Waals surface area contributed by atoms with Crippen LogP contribution in [-0.2, 0) is 14.8 Å². The zero-order chi connectivity index (χ0) is 19.4. The number of hydrogen-bond acceptors (Lipinski definition) is 3. The number of anilines is 2. The van der Waals surface area contributed by atoms with Crippen LogP contribution in [-0.4, -0.2) is 26.6 Å². The molecule has 1 aliphatic heterocycles. The van der Waals surface area contributed by atoms with E-state index in [1.807, 2.05) is 56.3 Å². The van der Waals surface area contributed by atoms with Gasteiger partial charge in [-0.3, -0.25) is 9.10 Å². The second kappa shape index (κ2) is 7.96. The van der Waals surface area contributed by atoms with Gasteiger partial charge in [0, 0.05) is 17.8 Å². The van der Waals surface area contributed by atoms with Gasteiger partial charge in [0.1, 0.15) is 0 Å². The van der Waals surface area contributed by atoms with E-state index in [-0.39, 0.29) is 11.7 Å². The van der Waals surface area contributed by atoms with Gasteiger partial charge in [-0.15, -0.1) is 0 Å². The molecule has 6 heteroatoms. The second-order valence-electron chi connectivity index (χ2n) is 6.63. The zero-order valence-corrected chi connectivity index (χ0v) is 16.4. The van der Waals surface area contributed by atoms with Crippen molar-refractivity contribution in [3.8, 4) is 0 Å². The predicted octanol–water partition coefficient (Wildman–Crippen LogP) is 3.97. The number of rotatable bonds is 5. The standard InChI is InChI=1S/C21H24N2O3S/c1-3-18(15-17-8-5-4-6-9-17)21(24)22-19-10-11-20(16(2)14-19)23-12-7-13-27(23,25)26/h4-6,8-11,14-15H,3,7,12-13H2,1-2H3,(H,22,24)/b18-15+. The lowest BCUT2D eigenvalue weighted by Gasteiger charge is -2.20. The third-order valence-corrected chi connectivity index (χ3v) is 6.49. The van der Waals surface area contributed by atoms with Gasteiger partial charge in [-0.1, -0.05) is 37.3 Å². The number of nitrogens with one attached hydrogen (secondary N) is 1. The molecule has 1 saturated heterocycles. The van der Waals surface area contributed by atoms with Crippen molar-refractivity contribution in [1.82, 2.24) is 0 Å². The maximum absolute atomic E-state index is 12.6. The first-order valence-electron chi connectivity index (χ1n) is 9.09. The summed E-state index contributed by atoms with van der Waals surface area (Å²) in [5.41, 5.74) is 3.83. The molecule has 142 valence electrons. The van der Waals surface area contributed by atoms with Crippen LogP contribution in [0.3, 0.4) is 0 Å². The van der Waals surface area contributed by atoms with Crippen molar-refractivity contribution in [3.05, 3.63) is 65.2 Å². The molecule has 1 heterocycles. The summed E-state index contributed by atoms with van der Waals surface area (Å²) in [6.45, 7) is 4.31. The molecular formula is C21H24N2O3S. The molecule has 0 unspecified atom stereocenters. The van der Waals surface area contributed by atoms with Gasteiger partial charge in [-0.05, 0) is 55.2 Å². The molecule has 5 nitrogen and oxygen atoms in total. The highest BCUT2D eigenvalue weighted by Crippen LogP contribution is 2.29. The van der Waals surface area contributed by atoms with Crippen molar-refractivity contribution >= 4 is 33.4 Å². The van der Waals surface area contributed by atoms with E-state index < -0.39 is 10.0 Å². The van der Waals surface area contributed by atoms with Gasteiger partial charge in [-0.2, -0.15) is 0 Å². The largest absolute Gasteiger partial charge is 0.322 e. The lowest BCUT2D eigenvalue weighted by atomic mass is 10.1. The van der Waals surface area contributed by atoms with Crippen LogP contribution >= 0.6 is 0 Å². The Morgan fingerprint density at radius 1 is 1.19 bits per heavy atom. The third-order valence-electron chi connectivity index (χ3n) is 4.64. The lowest BCUT2D eigenvalue weighted by Crippen LogP contribution is -2.25. The monoisotopic (exact) mass is 384 g/mol. The molecule has 3 rings (SSSR count). The average molecular weight is 385 g/mol. The summed E-state index contributed by atoms with van der Waals surface area (Å²) in [7, 11) is -3.21. The highest BCUT2D eigenvalue weighted by molar-refractivity contribution is 7.93. The number of carbonyl (C=O) groups excluding carboxylic acids is 1. The van der Waals surface area contributed by atoms with Gasteiger partial charge < -0.3 is 5.32 Å². The Bertz CT molecular complexity index is 966. The van der Waals surface area contributed by atoms with Gasteiger partial charge in [0.05, 0.1) is 11.4 Å². The molecule has 0 aromatic heterocycles. The molecule has 1 aliphatic rings. The van der Waals surface area contributed by atoms with Gasteiger partial charge in [0.15, 0.2) is 0 Å². The lowest BCUT2D eigenvalue weighted by molar-refractivity contribution is -0.112. The zero-order valence-electron chi connectivity index (χ0n) is 15.6. The SMILES string of the molecule is CC/C(=C\c1ccccc1)C(=O)Nc1ccc(N2CCCS2(=O)=O)c(C)c1. The smallest absolute Gasteiger partial charge is 0.251 e. The normalized spacial score (nSPS) is 16.4. The van der Waals surface area contributed by atoms with Crippen LogP contribution in [0.2, 0.25) is 0 Å². The number of sulfonamides is 1. The van der Waals surface area contributed by atoms with Crippen molar-refractivity contribution in [2.24, 2.45) is 0 Å². The van der Waals surface area contributed by atoms with Gasteiger partial charge in [0.2, 0.25) is 10.0 Å². The summed E-state index contributed by atoms with van der Waals surface area (Å²) < 4.78 is 25.7. The van der Waals surface area contributed by atoms with Gasteiger partial charge in [-0.25, -0.2) is 8.42 Å². The van der Waals surface area contributed by atoms with Crippen molar-refractivity contribution in [3.63, 3.8) is 0 Å². The summed E-state index contributed by atoms with van der Waals surface area (Å²) in [5, 5.41) is 2.92. The van der Waals surface area contributed by atoms with E-state index in [9.17, 15) is 13.2 Å². The quantitative estimate of drug-likeness (QED) is 0.793. The fourth-order valence-electron chi connectivity index (χ4n) is 3.21. The third kappa shape index (κ3) is 4.39. The van der Waals surface area contributed by atoms with Gasteiger partial charge >= 0.3 is 0 Å². The van der Waals surface area contributed by atoms with E-state index >= 15 is 0 Å². The number of nitrogens with zero attached hydrogens (tertiary/aromatic N) is 1. The van der Waals surface area contributed by atoms with E-state index in [0.717, 1.165) is 11.1 Å². The van der Waals surface area contributed by atoms with Crippen LogP contribution in [0, 0.1) is 6.92 Å². The van der Waals surface area contributed by atoms with Crippen LogP contribution in [0.4, 0.5) is 11.4 Å². The van der Waals surface area contributed by atoms with Crippen LogP contribution in [0.1, 0.15) is 30.9 Å². The molecule has 0 spiro atoms. The second-order valence-corrected chi connectivity index (χ2v) is 8.64. The van der Waals surface area contributed by atoms with E-state index in [1.54, 1.807) is 12.1 Å². The average Bonchev–Trinajstić information content (AvgIpc) is 2.99. The molecule has 27 heavy (non-hydrogen) atoms. The van der Waals surface area contributed by atoms with Crippen LogP contribution in [0.25, 0.3) is 6.08 Å². The van der Waals surface area contributed by atoms with E-state index in [1.165, 1.54) is 4.31 Å². The fraction of sp³-hybridized carbons (Fsp3) is 0.286. The van der Waals surface area contributed by atoms with Gasteiger partial charge in [0.25, 0.3) is 5.91 Å². The first-order chi connectivity index (χ1) is 12.9. The Balaban J connectivity index is 1.78. The molecule has 0 aliphatic carbocycles. The minimum atomic E-state index is -3.21. The Hall–Kier alpha value is -2.60. The Kier molecular flexibility index (Phi) is 5.65. The summed E-state index contributed by atoms with van der Waals surface area (Å²) in [6, 6.07) is 15.1. The van der Waals surface area contributed by atoms with Crippen LogP contribution < -0.4 is 9.62 Å². The molecule has 0 saturated carbocycles. The Labute approximate surface area is 160 Å². The number of aryl methyl sites for hydroxylation is 1. The molecule has 1 N–H and O–H groups in total. The van der Waals surface area contributed by atoms with E-state index in [0.29, 0.717) is 36.3 Å².